The Morgan fingerprint density at radius 3 is 2.63 bits per heavy atom. The molecule has 2 rings (SSSR count). The van der Waals surface area contributed by atoms with Crippen LogP contribution in [0.25, 0.3) is 0 Å². The number of H-pyrrole nitrogens is 1. The quantitative estimate of drug-likeness (QED) is 0.243. The molecular weight excluding hydrogens is 391 g/mol. The number of aromatic amines is 1. The minimum atomic E-state index is -4.86. The number of nitrogens with one attached hydrogen (secondary N) is 1. The summed E-state index contributed by atoms with van der Waals surface area (Å²) in [6.45, 7) is 0.350. The molecule has 0 aromatic carbocycles. The first-order valence-electron chi connectivity index (χ1n) is 7.54. The maximum absolute atomic E-state index is 12.1. The maximum atomic E-state index is 12.1. The van der Waals surface area contributed by atoms with E-state index in [9.17, 15) is 29.2 Å². The molecule has 0 saturated carbocycles. The molecule has 0 radical (unpaired) electrons. The molecule has 0 unspecified atom stereocenters. The topological polar surface area (TPSA) is 198 Å². The molecule has 0 bridgehead atoms. The first-order valence-corrected chi connectivity index (χ1v) is 9.07. The second-order valence-electron chi connectivity index (χ2n) is 6.06. The van der Waals surface area contributed by atoms with Crippen LogP contribution in [-0.4, -0.2) is 67.0 Å². The molecule has 1 saturated heterocycles. The lowest BCUT2D eigenvalue weighted by Crippen LogP contribution is -2.47. The Morgan fingerprint density at radius 1 is 1.44 bits per heavy atom. The number of aromatic nitrogens is 2. The summed E-state index contributed by atoms with van der Waals surface area (Å²) in [5.74, 6) is -0.752. The number of esters is 1. The Hall–Kier alpha value is -1.86. The van der Waals surface area contributed by atoms with Crippen molar-refractivity contribution in [2.75, 3.05) is 13.7 Å². The fraction of sp³-hybridized carbons (Fsp3) is 0.615. The average Bonchev–Trinajstić information content (AvgIpc) is 2.78. The molecule has 1 fully saturated rings. The molecule has 152 valence electrons. The van der Waals surface area contributed by atoms with Gasteiger partial charge in [0.25, 0.3) is 5.56 Å². The summed E-state index contributed by atoms with van der Waals surface area (Å²) in [7, 11) is -3.75. The zero-order valence-electron chi connectivity index (χ0n) is 14.3. The van der Waals surface area contributed by atoms with Crippen LogP contribution in [0.2, 0.25) is 0 Å². The largest absolute Gasteiger partial charge is 0.469 e. The van der Waals surface area contributed by atoms with Crippen molar-refractivity contribution in [3.05, 3.63) is 32.6 Å². The predicted octanol–water partition coefficient (Wildman–Crippen LogP) is -2.63. The molecule has 1 aromatic heterocycles. The van der Waals surface area contributed by atoms with E-state index < -0.39 is 62.1 Å². The number of methoxy groups -OCH3 is 1. The van der Waals surface area contributed by atoms with Crippen molar-refractivity contribution in [2.24, 2.45) is 0 Å². The first-order chi connectivity index (χ1) is 12.4. The van der Waals surface area contributed by atoms with Crippen LogP contribution in [0.3, 0.4) is 0 Å². The third kappa shape index (κ3) is 4.71. The van der Waals surface area contributed by atoms with Gasteiger partial charge in [0.05, 0.1) is 20.1 Å². The van der Waals surface area contributed by atoms with Gasteiger partial charge in [0, 0.05) is 11.8 Å². The number of ether oxygens (including phenoxy) is 2. The number of hydrogen-bond donors (Lipinski definition) is 5. The number of rotatable bonds is 6. The van der Waals surface area contributed by atoms with E-state index in [1.807, 2.05) is 4.98 Å². The standard InChI is InChI=1S/C13H19N2O11P/c1-13(20)9(17)7(5-25-27(21,22)23)26-11(13)15-4-6(3-8(16)24-2)10(18)14-12(15)19/h4,7,9,11,17,20H,3,5H2,1-2H3,(H,14,18,19)(H2,21,22,23)/t7-,9-,11-,13-/m1/s1. The lowest BCUT2D eigenvalue weighted by molar-refractivity contribution is -0.139. The van der Waals surface area contributed by atoms with E-state index in [-0.39, 0.29) is 5.56 Å². The molecule has 27 heavy (non-hydrogen) atoms. The third-order valence-electron chi connectivity index (χ3n) is 4.02. The van der Waals surface area contributed by atoms with Gasteiger partial charge in [0.2, 0.25) is 0 Å². The number of phosphoric ester groups is 1. The normalized spacial score (nSPS) is 28.3. The van der Waals surface area contributed by atoms with Crippen molar-refractivity contribution in [2.45, 2.75) is 37.4 Å². The van der Waals surface area contributed by atoms with Crippen molar-refractivity contribution in [3.8, 4) is 0 Å². The summed E-state index contributed by atoms with van der Waals surface area (Å²) < 4.78 is 25.6. The summed E-state index contributed by atoms with van der Waals surface area (Å²) >= 11 is 0. The Bertz CT molecular complexity index is 870. The molecular formula is C13H19N2O11P. The summed E-state index contributed by atoms with van der Waals surface area (Å²) in [4.78, 5) is 54.8. The zero-order valence-corrected chi connectivity index (χ0v) is 15.2. The van der Waals surface area contributed by atoms with Crippen LogP contribution in [-0.2, 0) is 29.8 Å². The Kier molecular flexibility index (Phi) is 6.06. The van der Waals surface area contributed by atoms with Gasteiger partial charge in [-0.2, -0.15) is 0 Å². The van der Waals surface area contributed by atoms with E-state index in [0.717, 1.165) is 24.8 Å². The molecule has 0 amide bonds. The number of carbonyl (C=O) groups is 1. The summed E-state index contributed by atoms with van der Waals surface area (Å²) in [6.07, 6.45) is -4.11. The van der Waals surface area contributed by atoms with Crippen molar-refractivity contribution in [3.63, 3.8) is 0 Å². The van der Waals surface area contributed by atoms with Gasteiger partial charge in [0.15, 0.2) is 6.23 Å². The van der Waals surface area contributed by atoms with Gasteiger partial charge in [-0.05, 0) is 6.92 Å². The van der Waals surface area contributed by atoms with E-state index in [1.165, 1.54) is 0 Å². The maximum Gasteiger partial charge on any atom is 0.469 e. The lowest BCUT2D eigenvalue weighted by atomic mass is 9.96. The van der Waals surface area contributed by atoms with Crippen molar-refractivity contribution < 1.29 is 43.4 Å². The fourth-order valence-electron chi connectivity index (χ4n) is 2.60. The van der Waals surface area contributed by atoms with Crippen LogP contribution in [0.5, 0.6) is 0 Å². The lowest BCUT2D eigenvalue weighted by Gasteiger charge is -2.27. The Balaban J connectivity index is 2.37. The van der Waals surface area contributed by atoms with E-state index in [0.29, 0.717) is 0 Å². The first kappa shape index (κ1) is 21.4. The van der Waals surface area contributed by atoms with Gasteiger partial charge >= 0.3 is 19.5 Å². The second kappa shape index (κ2) is 7.64. The number of aliphatic hydroxyl groups is 2. The molecule has 0 spiro atoms. The number of hydrogen-bond acceptors (Lipinski definition) is 9. The molecule has 14 heteroatoms. The van der Waals surface area contributed by atoms with Gasteiger partial charge in [0.1, 0.15) is 17.8 Å². The molecule has 1 aromatic rings. The molecule has 5 N–H and O–H groups in total. The Morgan fingerprint density at radius 2 is 2.07 bits per heavy atom. The molecule has 2 heterocycles. The van der Waals surface area contributed by atoms with Gasteiger partial charge < -0.3 is 29.5 Å². The van der Waals surface area contributed by atoms with E-state index >= 15 is 0 Å². The predicted molar refractivity (Wildman–Crippen MR) is 85.6 cm³/mol. The number of aliphatic hydroxyl groups excluding tert-OH is 1. The minimum Gasteiger partial charge on any atom is -0.469 e. The van der Waals surface area contributed by atoms with Crippen LogP contribution in [0.1, 0.15) is 18.7 Å². The van der Waals surface area contributed by atoms with Crippen LogP contribution < -0.4 is 11.2 Å². The van der Waals surface area contributed by atoms with Crippen LogP contribution in [0.4, 0.5) is 0 Å². The highest BCUT2D eigenvalue weighted by atomic mass is 31.2. The molecule has 4 atom stereocenters. The number of nitrogens with zero attached hydrogens (tertiary/aromatic N) is 1. The summed E-state index contributed by atoms with van der Waals surface area (Å²) in [5.41, 5.74) is -4.10. The molecule has 13 nitrogen and oxygen atoms in total. The second-order valence-corrected chi connectivity index (χ2v) is 7.30. The monoisotopic (exact) mass is 410 g/mol. The van der Waals surface area contributed by atoms with E-state index in [4.69, 9.17) is 14.5 Å². The van der Waals surface area contributed by atoms with Crippen molar-refractivity contribution in [1.29, 1.82) is 0 Å². The van der Waals surface area contributed by atoms with Crippen molar-refractivity contribution in [1.82, 2.24) is 9.55 Å². The smallest absolute Gasteiger partial charge is 0.469 e. The highest BCUT2D eigenvalue weighted by Crippen LogP contribution is 2.41. The van der Waals surface area contributed by atoms with Crippen LogP contribution >= 0.6 is 7.82 Å². The van der Waals surface area contributed by atoms with E-state index in [1.54, 1.807) is 0 Å². The van der Waals surface area contributed by atoms with E-state index in [2.05, 4.69) is 9.26 Å². The number of carbonyl (C=O) groups excluding carboxylic acids is 1. The van der Waals surface area contributed by atoms with Crippen LogP contribution in [0.15, 0.2) is 15.8 Å². The fourth-order valence-corrected chi connectivity index (χ4v) is 2.94. The minimum absolute atomic E-state index is 0.162. The summed E-state index contributed by atoms with van der Waals surface area (Å²) in [5, 5.41) is 20.7. The van der Waals surface area contributed by atoms with Gasteiger partial charge in [-0.1, -0.05) is 0 Å². The summed E-state index contributed by atoms with van der Waals surface area (Å²) in [6, 6.07) is 0. The average molecular weight is 410 g/mol. The Labute approximate surface area is 151 Å². The SMILES string of the molecule is COC(=O)Cc1cn([C@@H]2O[C@H](COP(=O)(O)O)[C@@H](O)[C@@]2(C)O)c(=O)[nH]c1=O. The van der Waals surface area contributed by atoms with Crippen LogP contribution in [0, 0.1) is 0 Å². The van der Waals surface area contributed by atoms with Gasteiger partial charge in [-0.3, -0.25) is 23.7 Å². The molecule has 0 aliphatic carbocycles. The zero-order chi connectivity index (χ0) is 20.6. The van der Waals surface area contributed by atoms with Gasteiger partial charge in [-0.25, -0.2) is 9.36 Å². The number of phosphoric acid groups is 1. The third-order valence-corrected chi connectivity index (χ3v) is 4.50. The highest BCUT2D eigenvalue weighted by molar-refractivity contribution is 7.46. The molecule has 1 aliphatic rings. The highest BCUT2D eigenvalue weighted by Gasteiger charge is 2.53. The molecule has 1 aliphatic heterocycles. The van der Waals surface area contributed by atoms with Gasteiger partial charge in [-0.15, -0.1) is 0 Å². The van der Waals surface area contributed by atoms with Crippen molar-refractivity contribution >= 4 is 13.8 Å².